The zero-order valence-electron chi connectivity index (χ0n) is 10.3. The molecule has 2 aliphatic rings. The second-order valence-corrected chi connectivity index (χ2v) is 5.05. The number of hydrogen-bond donors (Lipinski definition) is 2. The standard InChI is InChI=1S/C14H18N2O2/c17-14(10-4-5-10)16-12-3-1-2-11(8-12)15-13-6-7-18-9-13/h1-3,8,10,13,15H,4-7,9H2,(H,16,17). The third kappa shape index (κ3) is 2.82. The average Bonchev–Trinajstić information content (AvgIpc) is 3.10. The Bertz CT molecular complexity index is 437. The first kappa shape index (κ1) is 11.5. The maximum absolute atomic E-state index is 11.7. The molecule has 2 fully saturated rings. The minimum atomic E-state index is 0.149. The third-order valence-electron chi connectivity index (χ3n) is 3.38. The fourth-order valence-electron chi connectivity index (χ4n) is 2.16. The van der Waals surface area contributed by atoms with E-state index >= 15 is 0 Å². The number of ether oxygens (including phenoxy) is 1. The van der Waals surface area contributed by atoms with Crippen molar-refractivity contribution in [1.29, 1.82) is 0 Å². The van der Waals surface area contributed by atoms with Crippen LogP contribution in [0.4, 0.5) is 11.4 Å². The first-order valence-electron chi connectivity index (χ1n) is 6.56. The molecule has 2 N–H and O–H groups in total. The number of carbonyl (C=O) groups excluding carboxylic acids is 1. The Balaban J connectivity index is 1.62. The van der Waals surface area contributed by atoms with E-state index < -0.39 is 0 Å². The van der Waals surface area contributed by atoms with Crippen LogP contribution in [0.2, 0.25) is 0 Å². The van der Waals surface area contributed by atoms with Gasteiger partial charge in [0, 0.05) is 23.9 Å². The molecule has 1 atom stereocenters. The molecular weight excluding hydrogens is 228 g/mol. The lowest BCUT2D eigenvalue weighted by Gasteiger charge is -2.13. The summed E-state index contributed by atoms with van der Waals surface area (Å²) in [6, 6.07) is 8.28. The average molecular weight is 246 g/mol. The highest BCUT2D eigenvalue weighted by atomic mass is 16.5. The van der Waals surface area contributed by atoms with Crippen molar-refractivity contribution in [2.24, 2.45) is 5.92 Å². The summed E-state index contributed by atoms with van der Waals surface area (Å²) in [5.41, 5.74) is 1.91. The second-order valence-electron chi connectivity index (χ2n) is 5.05. The monoisotopic (exact) mass is 246 g/mol. The van der Waals surface area contributed by atoms with Gasteiger partial charge in [-0.1, -0.05) is 6.07 Å². The van der Waals surface area contributed by atoms with Crippen molar-refractivity contribution in [3.63, 3.8) is 0 Å². The maximum atomic E-state index is 11.7. The van der Waals surface area contributed by atoms with Crippen LogP contribution in [-0.2, 0) is 9.53 Å². The first-order chi connectivity index (χ1) is 8.81. The Labute approximate surface area is 107 Å². The van der Waals surface area contributed by atoms with E-state index in [-0.39, 0.29) is 11.8 Å². The van der Waals surface area contributed by atoms with Gasteiger partial charge in [0.15, 0.2) is 0 Å². The quantitative estimate of drug-likeness (QED) is 0.856. The van der Waals surface area contributed by atoms with E-state index in [1.54, 1.807) is 0 Å². The summed E-state index contributed by atoms with van der Waals surface area (Å²) >= 11 is 0. The Hall–Kier alpha value is -1.55. The fourth-order valence-corrected chi connectivity index (χ4v) is 2.16. The van der Waals surface area contributed by atoms with E-state index in [4.69, 9.17) is 4.74 Å². The molecule has 4 heteroatoms. The smallest absolute Gasteiger partial charge is 0.227 e. The Kier molecular flexibility index (Phi) is 3.19. The van der Waals surface area contributed by atoms with Crippen LogP contribution in [0.15, 0.2) is 24.3 Å². The molecule has 1 aliphatic carbocycles. The minimum absolute atomic E-state index is 0.149. The van der Waals surface area contributed by atoms with Crippen molar-refractivity contribution >= 4 is 17.3 Å². The molecule has 0 spiro atoms. The fraction of sp³-hybridized carbons (Fsp3) is 0.500. The Morgan fingerprint density at radius 1 is 1.22 bits per heavy atom. The summed E-state index contributed by atoms with van der Waals surface area (Å²) in [7, 11) is 0. The molecule has 0 aromatic heterocycles. The molecule has 1 aromatic carbocycles. The number of hydrogen-bond acceptors (Lipinski definition) is 3. The first-order valence-corrected chi connectivity index (χ1v) is 6.56. The van der Waals surface area contributed by atoms with Crippen molar-refractivity contribution in [1.82, 2.24) is 0 Å². The van der Waals surface area contributed by atoms with E-state index in [2.05, 4.69) is 10.6 Å². The topological polar surface area (TPSA) is 50.4 Å². The molecule has 3 rings (SSSR count). The molecule has 4 nitrogen and oxygen atoms in total. The van der Waals surface area contributed by atoms with E-state index in [9.17, 15) is 4.79 Å². The molecular formula is C14H18N2O2. The lowest BCUT2D eigenvalue weighted by atomic mass is 10.2. The normalized spacial score (nSPS) is 22.8. The summed E-state index contributed by atoms with van der Waals surface area (Å²) in [6.45, 7) is 1.59. The minimum Gasteiger partial charge on any atom is -0.380 e. The molecule has 1 amide bonds. The highest BCUT2D eigenvalue weighted by Crippen LogP contribution is 2.30. The van der Waals surface area contributed by atoms with Crippen LogP contribution in [-0.4, -0.2) is 25.2 Å². The maximum Gasteiger partial charge on any atom is 0.227 e. The summed E-state index contributed by atoms with van der Waals surface area (Å²) in [5.74, 6) is 0.390. The van der Waals surface area contributed by atoms with Gasteiger partial charge in [0.1, 0.15) is 0 Å². The Morgan fingerprint density at radius 2 is 2.06 bits per heavy atom. The molecule has 18 heavy (non-hydrogen) atoms. The number of nitrogens with one attached hydrogen (secondary N) is 2. The van der Waals surface area contributed by atoms with Crippen molar-refractivity contribution in [2.75, 3.05) is 23.8 Å². The highest BCUT2D eigenvalue weighted by Gasteiger charge is 2.29. The molecule has 1 heterocycles. The van der Waals surface area contributed by atoms with Gasteiger partial charge in [-0.15, -0.1) is 0 Å². The van der Waals surface area contributed by atoms with Crippen LogP contribution in [0, 0.1) is 5.92 Å². The lowest BCUT2D eigenvalue weighted by molar-refractivity contribution is -0.117. The van der Waals surface area contributed by atoms with Crippen LogP contribution >= 0.6 is 0 Å². The van der Waals surface area contributed by atoms with Gasteiger partial charge in [-0.2, -0.15) is 0 Å². The molecule has 1 saturated heterocycles. The number of carbonyl (C=O) groups is 1. The number of rotatable bonds is 4. The zero-order valence-corrected chi connectivity index (χ0v) is 10.3. The Morgan fingerprint density at radius 3 is 2.78 bits per heavy atom. The van der Waals surface area contributed by atoms with Gasteiger partial charge in [-0.05, 0) is 37.5 Å². The number of amides is 1. The van der Waals surface area contributed by atoms with E-state index in [0.29, 0.717) is 6.04 Å². The second kappa shape index (κ2) is 4.98. The van der Waals surface area contributed by atoms with Gasteiger partial charge in [-0.3, -0.25) is 4.79 Å². The van der Waals surface area contributed by atoms with Crippen LogP contribution in [0.1, 0.15) is 19.3 Å². The lowest BCUT2D eigenvalue weighted by Crippen LogP contribution is -2.19. The molecule has 0 radical (unpaired) electrons. The predicted molar refractivity (Wildman–Crippen MR) is 70.6 cm³/mol. The van der Waals surface area contributed by atoms with Gasteiger partial charge in [-0.25, -0.2) is 0 Å². The summed E-state index contributed by atoms with van der Waals surface area (Å²) in [4.78, 5) is 11.7. The van der Waals surface area contributed by atoms with Crippen LogP contribution in [0.25, 0.3) is 0 Å². The molecule has 1 saturated carbocycles. The largest absolute Gasteiger partial charge is 0.380 e. The van der Waals surface area contributed by atoms with Crippen molar-refractivity contribution < 1.29 is 9.53 Å². The summed E-state index contributed by atoms with van der Waals surface area (Å²) < 4.78 is 5.33. The van der Waals surface area contributed by atoms with Gasteiger partial charge >= 0.3 is 0 Å². The van der Waals surface area contributed by atoms with Gasteiger partial charge in [0.25, 0.3) is 0 Å². The van der Waals surface area contributed by atoms with Gasteiger partial charge in [0.2, 0.25) is 5.91 Å². The molecule has 1 aromatic rings. The van der Waals surface area contributed by atoms with E-state index in [1.807, 2.05) is 24.3 Å². The van der Waals surface area contributed by atoms with Crippen molar-refractivity contribution in [3.8, 4) is 0 Å². The van der Waals surface area contributed by atoms with Crippen LogP contribution in [0.5, 0.6) is 0 Å². The third-order valence-corrected chi connectivity index (χ3v) is 3.38. The molecule has 1 unspecified atom stereocenters. The molecule has 0 bridgehead atoms. The van der Waals surface area contributed by atoms with Crippen molar-refractivity contribution in [3.05, 3.63) is 24.3 Å². The highest BCUT2D eigenvalue weighted by molar-refractivity contribution is 5.94. The van der Waals surface area contributed by atoms with Gasteiger partial charge < -0.3 is 15.4 Å². The van der Waals surface area contributed by atoms with E-state index in [1.165, 1.54) is 0 Å². The summed E-state index contributed by atoms with van der Waals surface area (Å²) in [6.07, 6.45) is 3.10. The van der Waals surface area contributed by atoms with Crippen LogP contribution < -0.4 is 10.6 Å². The number of anilines is 2. The predicted octanol–water partition coefficient (Wildman–Crippen LogP) is 2.24. The number of benzene rings is 1. The van der Waals surface area contributed by atoms with Crippen LogP contribution in [0.3, 0.4) is 0 Å². The van der Waals surface area contributed by atoms with Gasteiger partial charge in [0.05, 0.1) is 12.6 Å². The summed E-state index contributed by atoms with van der Waals surface area (Å²) in [5, 5.41) is 6.38. The molecule has 1 aliphatic heterocycles. The SMILES string of the molecule is O=C(Nc1cccc(NC2CCOC2)c1)C1CC1. The van der Waals surface area contributed by atoms with E-state index in [0.717, 1.165) is 43.9 Å². The van der Waals surface area contributed by atoms with Crippen molar-refractivity contribution in [2.45, 2.75) is 25.3 Å². The zero-order chi connectivity index (χ0) is 12.4. The molecule has 96 valence electrons.